The first-order valence-electron chi connectivity index (χ1n) is 10.2. The molecule has 0 radical (unpaired) electrons. The van der Waals surface area contributed by atoms with E-state index in [2.05, 4.69) is 0 Å². The molecule has 8 heteroatoms. The van der Waals surface area contributed by atoms with Gasteiger partial charge >= 0.3 is 0 Å². The molecule has 2 fully saturated rings. The number of benzene rings is 1. The van der Waals surface area contributed by atoms with Crippen LogP contribution in [0.5, 0.6) is 0 Å². The number of carbonyl (C=O) groups excluding carboxylic acids is 3. The number of rotatable bonds is 3. The number of carbonyl (C=O) groups is 3. The van der Waals surface area contributed by atoms with Gasteiger partial charge in [-0.15, -0.1) is 11.3 Å². The van der Waals surface area contributed by atoms with Gasteiger partial charge in [-0.25, -0.2) is 0 Å². The van der Waals surface area contributed by atoms with Crippen LogP contribution < -0.4 is 0 Å². The first-order chi connectivity index (χ1) is 14.5. The minimum atomic E-state index is -0.166. The zero-order valence-electron chi connectivity index (χ0n) is 16.6. The highest BCUT2D eigenvalue weighted by molar-refractivity contribution is 7.12. The van der Waals surface area contributed by atoms with Gasteiger partial charge in [0.05, 0.1) is 10.8 Å². The van der Waals surface area contributed by atoms with Crippen molar-refractivity contribution in [1.82, 2.24) is 14.7 Å². The Morgan fingerprint density at radius 3 is 2.23 bits per heavy atom. The number of hydrogen-bond acceptors (Lipinski definition) is 4. The van der Waals surface area contributed by atoms with Gasteiger partial charge in [-0.1, -0.05) is 17.7 Å². The molecule has 1 aromatic carbocycles. The van der Waals surface area contributed by atoms with Gasteiger partial charge in [-0.3, -0.25) is 14.4 Å². The number of amides is 3. The van der Waals surface area contributed by atoms with Crippen molar-refractivity contribution in [3.05, 3.63) is 57.2 Å². The number of nitrogens with zero attached hydrogens (tertiary/aromatic N) is 3. The summed E-state index contributed by atoms with van der Waals surface area (Å²) in [5.74, 6) is -0.0940. The van der Waals surface area contributed by atoms with Gasteiger partial charge in [-0.2, -0.15) is 0 Å². The minimum absolute atomic E-state index is 0.0147. The fourth-order valence-corrected chi connectivity index (χ4v) is 4.90. The molecule has 158 valence electrons. The normalized spacial score (nSPS) is 19.6. The molecular formula is C22H24ClN3O3S. The largest absolute Gasteiger partial charge is 0.339 e. The average Bonchev–Trinajstić information content (AvgIpc) is 3.33. The maximum absolute atomic E-state index is 13.1. The monoisotopic (exact) mass is 445 g/mol. The third-order valence-electron chi connectivity index (χ3n) is 5.76. The molecule has 0 saturated carbocycles. The van der Waals surface area contributed by atoms with Crippen LogP contribution in [0.15, 0.2) is 41.8 Å². The van der Waals surface area contributed by atoms with Crippen LogP contribution in [0.1, 0.15) is 32.9 Å². The van der Waals surface area contributed by atoms with E-state index in [1.165, 1.54) is 11.3 Å². The summed E-state index contributed by atoms with van der Waals surface area (Å²) in [5, 5.41) is 2.49. The van der Waals surface area contributed by atoms with E-state index in [0.29, 0.717) is 49.9 Å². The summed E-state index contributed by atoms with van der Waals surface area (Å²) >= 11 is 7.33. The van der Waals surface area contributed by atoms with Gasteiger partial charge in [0, 0.05) is 49.9 Å². The fraction of sp³-hybridized carbons (Fsp3) is 0.409. The van der Waals surface area contributed by atoms with E-state index in [9.17, 15) is 14.4 Å². The molecule has 1 atom stereocenters. The number of piperidine rings is 1. The molecular weight excluding hydrogens is 422 g/mol. The Morgan fingerprint density at radius 2 is 1.57 bits per heavy atom. The molecule has 3 heterocycles. The summed E-state index contributed by atoms with van der Waals surface area (Å²) in [6, 6.07) is 10.6. The van der Waals surface area contributed by atoms with Crippen LogP contribution in [0.25, 0.3) is 0 Å². The number of thiophene rings is 1. The Labute approximate surface area is 185 Å². The van der Waals surface area contributed by atoms with Gasteiger partial charge in [0.2, 0.25) is 5.91 Å². The smallest absolute Gasteiger partial charge is 0.263 e. The van der Waals surface area contributed by atoms with Crippen molar-refractivity contribution in [2.45, 2.75) is 12.8 Å². The van der Waals surface area contributed by atoms with E-state index in [0.717, 1.165) is 17.7 Å². The lowest BCUT2D eigenvalue weighted by Crippen LogP contribution is -2.54. The molecule has 1 aromatic heterocycles. The summed E-state index contributed by atoms with van der Waals surface area (Å²) in [6.07, 6.45) is 1.64. The topological polar surface area (TPSA) is 60.9 Å². The van der Waals surface area contributed by atoms with Crippen LogP contribution >= 0.6 is 22.9 Å². The molecule has 6 nitrogen and oxygen atoms in total. The summed E-state index contributed by atoms with van der Waals surface area (Å²) in [5.41, 5.74) is 0.606. The summed E-state index contributed by atoms with van der Waals surface area (Å²) in [7, 11) is 0. The number of likely N-dealkylation sites (tertiary alicyclic amines) is 1. The van der Waals surface area contributed by atoms with Crippen molar-refractivity contribution in [3.8, 4) is 0 Å². The van der Waals surface area contributed by atoms with Crippen molar-refractivity contribution in [2.24, 2.45) is 5.92 Å². The van der Waals surface area contributed by atoms with Gasteiger partial charge in [0.1, 0.15) is 0 Å². The molecule has 0 spiro atoms. The Hall–Kier alpha value is -2.38. The molecule has 0 aliphatic carbocycles. The van der Waals surface area contributed by atoms with Crippen molar-refractivity contribution in [2.75, 3.05) is 39.3 Å². The number of hydrogen-bond donors (Lipinski definition) is 0. The highest BCUT2D eigenvalue weighted by Gasteiger charge is 2.33. The second-order valence-corrected chi connectivity index (χ2v) is 9.08. The van der Waals surface area contributed by atoms with E-state index in [1.54, 1.807) is 34.1 Å². The van der Waals surface area contributed by atoms with E-state index in [1.807, 2.05) is 22.4 Å². The predicted molar refractivity (Wildman–Crippen MR) is 117 cm³/mol. The van der Waals surface area contributed by atoms with Crippen LogP contribution in [0, 0.1) is 5.92 Å². The molecule has 1 unspecified atom stereocenters. The van der Waals surface area contributed by atoms with E-state index in [-0.39, 0.29) is 23.6 Å². The lowest BCUT2D eigenvalue weighted by atomic mass is 9.96. The first kappa shape index (κ1) is 20.9. The highest BCUT2D eigenvalue weighted by Crippen LogP contribution is 2.23. The molecule has 2 saturated heterocycles. The lowest BCUT2D eigenvalue weighted by Gasteiger charge is -2.39. The highest BCUT2D eigenvalue weighted by atomic mass is 35.5. The summed E-state index contributed by atoms with van der Waals surface area (Å²) in [6.45, 7) is 3.24. The molecule has 2 aliphatic heterocycles. The van der Waals surface area contributed by atoms with Crippen molar-refractivity contribution in [1.29, 1.82) is 0 Å². The standard InChI is InChI=1S/C22H24ClN3O3S/c23-18-7-5-16(6-8-18)20(27)24-10-12-25(13-11-24)21(28)17-3-1-9-26(15-17)22(29)19-4-2-14-30-19/h2,4-8,14,17H,1,3,9-13,15H2. The maximum Gasteiger partial charge on any atom is 0.263 e. The number of halogens is 1. The molecule has 0 N–H and O–H groups in total. The minimum Gasteiger partial charge on any atom is -0.339 e. The molecule has 2 aliphatic rings. The molecule has 0 bridgehead atoms. The summed E-state index contributed by atoms with van der Waals surface area (Å²) in [4.78, 5) is 44.5. The zero-order valence-corrected chi connectivity index (χ0v) is 18.2. The van der Waals surface area contributed by atoms with Crippen LogP contribution in [0.2, 0.25) is 5.02 Å². The van der Waals surface area contributed by atoms with Crippen molar-refractivity contribution >= 4 is 40.7 Å². The van der Waals surface area contributed by atoms with Crippen LogP contribution in [-0.2, 0) is 4.79 Å². The number of piperazine rings is 1. The zero-order chi connectivity index (χ0) is 21.1. The Morgan fingerprint density at radius 1 is 0.867 bits per heavy atom. The Balaban J connectivity index is 1.32. The van der Waals surface area contributed by atoms with Gasteiger partial charge in [-0.05, 0) is 48.6 Å². The molecule has 3 amide bonds. The molecule has 30 heavy (non-hydrogen) atoms. The molecule has 4 rings (SSSR count). The van der Waals surface area contributed by atoms with Gasteiger partial charge in [0.15, 0.2) is 0 Å². The van der Waals surface area contributed by atoms with Crippen molar-refractivity contribution < 1.29 is 14.4 Å². The SMILES string of the molecule is O=C(c1ccc(Cl)cc1)N1CCN(C(=O)C2CCCN(C(=O)c3cccs3)C2)CC1. The second-order valence-electron chi connectivity index (χ2n) is 7.69. The van der Waals surface area contributed by atoms with Gasteiger partial charge < -0.3 is 14.7 Å². The van der Waals surface area contributed by atoms with E-state index >= 15 is 0 Å². The Kier molecular flexibility index (Phi) is 6.39. The van der Waals surface area contributed by atoms with Crippen LogP contribution in [0.4, 0.5) is 0 Å². The fourth-order valence-electron chi connectivity index (χ4n) is 4.08. The lowest BCUT2D eigenvalue weighted by molar-refractivity contribution is -0.138. The van der Waals surface area contributed by atoms with Crippen LogP contribution in [0.3, 0.4) is 0 Å². The summed E-state index contributed by atoms with van der Waals surface area (Å²) < 4.78 is 0. The first-order valence-corrected chi connectivity index (χ1v) is 11.4. The van der Waals surface area contributed by atoms with E-state index < -0.39 is 0 Å². The molecule has 2 aromatic rings. The van der Waals surface area contributed by atoms with Crippen LogP contribution in [-0.4, -0.2) is 71.7 Å². The maximum atomic E-state index is 13.1. The third-order valence-corrected chi connectivity index (χ3v) is 6.87. The third kappa shape index (κ3) is 4.52. The van der Waals surface area contributed by atoms with E-state index in [4.69, 9.17) is 11.6 Å². The van der Waals surface area contributed by atoms with Gasteiger partial charge in [0.25, 0.3) is 11.8 Å². The Bertz CT molecular complexity index is 908. The van der Waals surface area contributed by atoms with Crippen molar-refractivity contribution in [3.63, 3.8) is 0 Å². The average molecular weight is 446 g/mol. The predicted octanol–water partition coefficient (Wildman–Crippen LogP) is 3.24. The second kappa shape index (κ2) is 9.18. The quantitative estimate of drug-likeness (QED) is 0.728.